The molecule has 0 aliphatic carbocycles. The Morgan fingerprint density at radius 1 is 1.10 bits per heavy atom. The zero-order chi connectivity index (χ0) is 21.7. The summed E-state index contributed by atoms with van der Waals surface area (Å²) in [4.78, 5) is 63.0. The van der Waals surface area contributed by atoms with Crippen LogP contribution in [0.2, 0.25) is 0 Å². The lowest BCUT2D eigenvalue weighted by molar-refractivity contribution is -0.138. The van der Waals surface area contributed by atoms with Crippen LogP contribution in [0.3, 0.4) is 0 Å². The summed E-state index contributed by atoms with van der Waals surface area (Å²) >= 11 is 0. The van der Waals surface area contributed by atoms with E-state index in [4.69, 9.17) is 10.5 Å². The number of primary amides is 1. The molecule has 1 aromatic rings. The molecule has 2 aliphatic heterocycles. The summed E-state index contributed by atoms with van der Waals surface area (Å²) in [5, 5.41) is 2.46. The molecule has 0 aromatic heterocycles. The zero-order valence-electron chi connectivity index (χ0n) is 16.4. The van der Waals surface area contributed by atoms with Crippen LogP contribution in [0, 0.1) is 0 Å². The van der Waals surface area contributed by atoms with Gasteiger partial charge in [-0.2, -0.15) is 0 Å². The summed E-state index contributed by atoms with van der Waals surface area (Å²) < 4.78 is 5.17. The molecular weight excluding hydrogens is 392 g/mol. The first-order valence-corrected chi connectivity index (χ1v) is 9.77. The van der Waals surface area contributed by atoms with Crippen LogP contribution in [0.4, 0.5) is 4.79 Å². The topological polar surface area (TPSA) is 139 Å². The number of amides is 5. The Morgan fingerprint density at radius 3 is 2.53 bits per heavy atom. The molecule has 3 N–H and O–H groups in total. The van der Waals surface area contributed by atoms with Crippen LogP contribution < -0.4 is 11.1 Å². The number of imide groups is 1. The Labute approximate surface area is 173 Å². The number of rotatable bonds is 6. The van der Waals surface area contributed by atoms with Gasteiger partial charge in [0.1, 0.15) is 18.7 Å². The van der Waals surface area contributed by atoms with Crippen molar-refractivity contribution in [2.75, 3.05) is 13.1 Å². The molecule has 0 saturated carbocycles. The van der Waals surface area contributed by atoms with Gasteiger partial charge in [0, 0.05) is 13.0 Å². The van der Waals surface area contributed by atoms with Gasteiger partial charge in [-0.25, -0.2) is 9.69 Å². The fourth-order valence-electron chi connectivity index (χ4n) is 3.69. The Kier molecular flexibility index (Phi) is 6.65. The van der Waals surface area contributed by atoms with Gasteiger partial charge in [-0.3, -0.25) is 19.2 Å². The number of ether oxygens (including phenoxy) is 1. The first kappa shape index (κ1) is 21.3. The van der Waals surface area contributed by atoms with E-state index in [0.717, 1.165) is 10.5 Å². The molecule has 1 aromatic carbocycles. The minimum Gasteiger partial charge on any atom is -0.444 e. The summed E-state index contributed by atoms with van der Waals surface area (Å²) in [6.45, 7) is 0.0160. The standard InChI is InChI=1S/C20H24N4O6/c21-18(27)14-7-4-10-23(14)17(26)11-22-19(28)15-8-9-16(25)24(15)20(29)30-12-13-5-2-1-3-6-13/h1-3,5-6,14-15H,4,7-12H2,(H2,21,27)(H,22,28)/t14-,15-/m0/s1. The van der Waals surface area contributed by atoms with Crippen molar-refractivity contribution < 1.29 is 28.7 Å². The van der Waals surface area contributed by atoms with Crippen molar-refractivity contribution >= 4 is 29.7 Å². The van der Waals surface area contributed by atoms with Gasteiger partial charge in [0.25, 0.3) is 0 Å². The predicted octanol–water partition coefficient (Wildman–Crippen LogP) is -0.0933. The third-order valence-corrected chi connectivity index (χ3v) is 5.23. The molecule has 0 radical (unpaired) electrons. The molecule has 0 unspecified atom stereocenters. The fraction of sp³-hybridized carbons (Fsp3) is 0.450. The average Bonchev–Trinajstić information content (AvgIpc) is 3.38. The zero-order valence-corrected chi connectivity index (χ0v) is 16.4. The van der Waals surface area contributed by atoms with E-state index in [0.29, 0.717) is 19.4 Å². The summed E-state index contributed by atoms with van der Waals surface area (Å²) in [5.41, 5.74) is 6.05. The van der Waals surface area contributed by atoms with Crippen LogP contribution in [0.1, 0.15) is 31.2 Å². The first-order chi connectivity index (χ1) is 14.4. The van der Waals surface area contributed by atoms with Crippen LogP contribution >= 0.6 is 0 Å². The average molecular weight is 416 g/mol. The maximum Gasteiger partial charge on any atom is 0.417 e. The quantitative estimate of drug-likeness (QED) is 0.664. The van der Waals surface area contributed by atoms with E-state index in [9.17, 15) is 24.0 Å². The summed E-state index contributed by atoms with van der Waals surface area (Å²) in [6, 6.07) is 7.23. The molecule has 2 saturated heterocycles. The lowest BCUT2D eigenvalue weighted by atomic mass is 10.2. The number of carbonyl (C=O) groups excluding carboxylic acids is 5. The van der Waals surface area contributed by atoms with Gasteiger partial charge in [-0.15, -0.1) is 0 Å². The maximum atomic E-state index is 12.5. The highest BCUT2D eigenvalue weighted by Gasteiger charge is 2.41. The highest BCUT2D eigenvalue weighted by molar-refractivity contribution is 6.01. The van der Waals surface area contributed by atoms with Crippen LogP contribution in [0.25, 0.3) is 0 Å². The molecule has 5 amide bonds. The number of nitrogens with one attached hydrogen (secondary N) is 1. The van der Waals surface area contributed by atoms with Crippen molar-refractivity contribution in [3.05, 3.63) is 35.9 Å². The monoisotopic (exact) mass is 416 g/mol. The predicted molar refractivity (Wildman–Crippen MR) is 103 cm³/mol. The molecule has 2 heterocycles. The summed E-state index contributed by atoms with van der Waals surface area (Å²) in [6.07, 6.45) is 0.426. The van der Waals surface area contributed by atoms with Crippen molar-refractivity contribution in [2.45, 2.75) is 44.4 Å². The number of likely N-dealkylation sites (tertiary alicyclic amines) is 2. The maximum absolute atomic E-state index is 12.5. The second kappa shape index (κ2) is 9.38. The number of nitrogens with zero attached hydrogens (tertiary/aromatic N) is 2. The first-order valence-electron chi connectivity index (χ1n) is 9.77. The van der Waals surface area contributed by atoms with E-state index < -0.39 is 41.8 Å². The SMILES string of the molecule is NC(=O)[C@@H]1CCCN1C(=O)CNC(=O)[C@@H]1CCC(=O)N1C(=O)OCc1ccccc1. The minimum atomic E-state index is -1.04. The molecule has 160 valence electrons. The number of hydrogen-bond acceptors (Lipinski definition) is 6. The Bertz CT molecular complexity index is 843. The van der Waals surface area contributed by atoms with Gasteiger partial charge in [-0.1, -0.05) is 30.3 Å². The molecule has 10 nitrogen and oxygen atoms in total. The molecule has 2 aliphatic rings. The van der Waals surface area contributed by atoms with Crippen molar-refractivity contribution in [1.29, 1.82) is 0 Å². The molecule has 3 rings (SSSR count). The molecule has 30 heavy (non-hydrogen) atoms. The molecule has 2 fully saturated rings. The van der Waals surface area contributed by atoms with E-state index >= 15 is 0 Å². The normalized spacial score (nSPS) is 20.9. The number of nitrogens with two attached hydrogens (primary N) is 1. The van der Waals surface area contributed by atoms with Gasteiger partial charge >= 0.3 is 6.09 Å². The van der Waals surface area contributed by atoms with Crippen molar-refractivity contribution in [1.82, 2.24) is 15.1 Å². The third kappa shape index (κ3) is 4.76. The van der Waals surface area contributed by atoms with Crippen LogP contribution in [-0.4, -0.2) is 64.7 Å². The Balaban J connectivity index is 1.55. The highest BCUT2D eigenvalue weighted by atomic mass is 16.6. The Morgan fingerprint density at radius 2 is 1.83 bits per heavy atom. The van der Waals surface area contributed by atoms with Crippen molar-refractivity contribution in [3.63, 3.8) is 0 Å². The molecular formula is C20H24N4O6. The van der Waals surface area contributed by atoms with Crippen molar-refractivity contribution in [3.8, 4) is 0 Å². The Hall–Kier alpha value is -3.43. The van der Waals surface area contributed by atoms with E-state index in [1.165, 1.54) is 4.90 Å². The highest BCUT2D eigenvalue weighted by Crippen LogP contribution is 2.21. The third-order valence-electron chi connectivity index (χ3n) is 5.23. The van der Waals surface area contributed by atoms with Crippen LogP contribution in [0.5, 0.6) is 0 Å². The van der Waals surface area contributed by atoms with Crippen molar-refractivity contribution in [2.24, 2.45) is 5.73 Å². The summed E-state index contributed by atoms with van der Waals surface area (Å²) in [7, 11) is 0. The number of hydrogen-bond donors (Lipinski definition) is 2. The molecule has 2 atom stereocenters. The van der Waals surface area contributed by atoms with Gasteiger partial charge < -0.3 is 20.7 Å². The molecule has 0 spiro atoms. The van der Waals surface area contributed by atoms with Gasteiger partial charge in [0.2, 0.25) is 23.6 Å². The minimum absolute atomic E-state index is 0.0280. The van der Waals surface area contributed by atoms with E-state index in [1.807, 2.05) is 6.07 Å². The number of carbonyl (C=O) groups is 5. The summed E-state index contributed by atoms with van der Waals surface area (Å²) in [5.74, 6) is -2.15. The molecule has 10 heteroatoms. The van der Waals surface area contributed by atoms with E-state index in [-0.39, 0.29) is 26.0 Å². The largest absolute Gasteiger partial charge is 0.444 e. The van der Waals surface area contributed by atoms with Gasteiger partial charge in [-0.05, 0) is 24.8 Å². The number of benzene rings is 1. The van der Waals surface area contributed by atoms with Crippen LogP contribution in [0.15, 0.2) is 30.3 Å². The van der Waals surface area contributed by atoms with Crippen LogP contribution in [-0.2, 0) is 30.5 Å². The lowest BCUT2D eigenvalue weighted by Gasteiger charge is -2.24. The lowest BCUT2D eigenvalue weighted by Crippen LogP contribution is -2.51. The second-order valence-electron chi connectivity index (χ2n) is 7.22. The molecule has 0 bridgehead atoms. The smallest absolute Gasteiger partial charge is 0.417 e. The van der Waals surface area contributed by atoms with E-state index in [2.05, 4.69) is 5.32 Å². The van der Waals surface area contributed by atoms with Gasteiger partial charge in [0.15, 0.2) is 0 Å². The second-order valence-corrected chi connectivity index (χ2v) is 7.22. The van der Waals surface area contributed by atoms with E-state index in [1.54, 1.807) is 24.3 Å². The van der Waals surface area contributed by atoms with Gasteiger partial charge in [0.05, 0.1) is 6.54 Å². The fourth-order valence-corrected chi connectivity index (χ4v) is 3.69.